The molecule has 8 heteroatoms. The predicted octanol–water partition coefficient (Wildman–Crippen LogP) is 2.17. The van der Waals surface area contributed by atoms with Crippen LogP contribution in [-0.4, -0.2) is 25.4 Å². The number of carbonyl (C=O) groups is 1. The Bertz CT molecular complexity index is 888. The number of nitrogens with zero attached hydrogens (tertiary/aromatic N) is 4. The average molecular weight is 317 g/mol. The molecule has 0 radical (unpaired) electrons. The fraction of sp³-hybridized carbons (Fsp3) is 0.143. The molecule has 2 aromatic heterocycles. The highest BCUT2D eigenvalue weighted by atomic mass is 35.5. The molecule has 0 bridgehead atoms. The fourth-order valence-corrected chi connectivity index (χ4v) is 2.34. The van der Waals surface area contributed by atoms with Gasteiger partial charge in [-0.3, -0.25) is 4.79 Å². The van der Waals surface area contributed by atoms with Crippen LogP contribution in [0.5, 0.6) is 0 Å². The van der Waals surface area contributed by atoms with Gasteiger partial charge in [0.15, 0.2) is 0 Å². The van der Waals surface area contributed by atoms with E-state index in [9.17, 15) is 4.79 Å². The number of benzene rings is 1. The minimum atomic E-state index is -0.664. The van der Waals surface area contributed by atoms with E-state index in [1.54, 1.807) is 0 Å². The Balaban J connectivity index is 1.97. The first kappa shape index (κ1) is 14.3. The lowest BCUT2D eigenvalue weighted by atomic mass is 10.2. The maximum Gasteiger partial charge on any atom is 0.267 e. The number of hydrogen-bond acceptors (Lipinski definition) is 5. The van der Waals surface area contributed by atoms with Gasteiger partial charge in [-0.2, -0.15) is 0 Å². The van der Waals surface area contributed by atoms with E-state index in [0.717, 1.165) is 22.5 Å². The van der Waals surface area contributed by atoms with E-state index in [-0.39, 0.29) is 11.0 Å². The minimum absolute atomic E-state index is 0.0476. The van der Waals surface area contributed by atoms with Crippen LogP contribution in [0.3, 0.4) is 0 Å². The van der Waals surface area contributed by atoms with Crippen LogP contribution < -0.4 is 11.1 Å². The number of aryl methyl sites for hydroxylation is 2. The zero-order chi connectivity index (χ0) is 15.9. The number of primary amides is 1. The van der Waals surface area contributed by atoms with Gasteiger partial charge >= 0.3 is 0 Å². The first-order chi connectivity index (χ1) is 10.4. The molecule has 2 heterocycles. The first-order valence-corrected chi connectivity index (χ1v) is 6.86. The first-order valence-electron chi connectivity index (χ1n) is 6.48. The Hall–Kier alpha value is -2.67. The molecule has 0 spiro atoms. The summed E-state index contributed by atoms with van der Waals surface area (Å²) >= 11 is 5.79. The number of nitrogens with two attached hydrogens (primary N) is 1. The number of halogens is 1. The van der Waals surface area contributed by atoms with Crippen LogP contribution in [0.15, 0.2) is 24.3 Å². The highest BCUT2D eigenvalue weighted by Gasteiger charge is 2.09. The molecule has 0 aliphatic heterocycles. The molecule has 0 saturated heterocycles. The lowest BCUT2D eigenvalue weighted by Crippen LogP contribution is -2.14. The summed E-state index contributed by atoms with van der Waals surface area (Å²) in [4.78, 5) is 23.5. The number of anilines is 2. The summed E-state index contributed by atoms with van der Waals surface area (Å²) in [6.07, 6.45) is 0. The molecular weight excluding hydrogens is 304 g/mol. The van der Waals surface area contributed by atoms with Crippen LogP contribution in [0.25, 0.3) is 11.0 Å². The van der Waals surface area contributed by atoms with Crippen LogP contribution in [0.1, 0.15) is 16.3 Å². The SMILES string of the molecule is Cc1nc2cc(Nc3cc(C(N)=O)nc(Cl)n3)ccc2n1C. The number of nitrogens with one attached hydrogen (secondary N) is 1. The Morgan fingerprint density at radius 1 is 1.27 bits per heavy atom. The molecule has 22 heavy (non-hydrogen) atoms. The van der Waals surface area contributed by atoms with Gasteiger partial charge in [-0.05, 0) is 36.7 Å². The quantitative estimate of drug-likeness (QED) is 0.721. The summed E-state index contributed by atoms with van der Waals surface area (Å²) in [6.45, 7) is 1.94. The molecule has 7 nitrogen and oxygen atoms in total. The van der Waals surface area contributed by atoms with Gasteiger partial charge in [-0.25, -0.2) is 15.0 Å². The molecule has 0 aliphatic rings. The van der Waals surface area contributed by atoms with Crippen molar-refractivity contribution in [1.29, 1.82) is 0 Å². The number of hydrogen-bond donors (Lipinski definition) is 2. The molecular formula is C14H13ClN6O. The minimum Gasteiger partial charge on any atom is -0.364 e. The normalized spacial score (nSPS) is 10.9. The number of fused-ring (bicyclic) bond motifs is 1. The second-order valence-corrected chi connectivity index (χ2v) is 5.16. The molecule has 3 aromatic rings. The van der Waals surface area contributed by atoms with E-state index in [4.69, 9.17) is 17.3 Å². The van der Waals surface area contributed by atoms with Crippen LogP contribution in [0, 0.1) is 6.92 Å². The van der Waals surface area contributed by atoms with Crippen molar-refractivity contribution in [3.8, 4) is 0 Å². The van der Waals surface area contributed by atoms with E-state index in [1.807, 2.05) is 36.7 Å². The second kappa shape index (κ2) is 5.27. The van der Waals surface area contributed by atoms with E-state index in [0.29, 0.717) is 5.82 Å². The number of amides is 1. The summed E-state index contributed by atoms with van der Waals surface area (Å²) < 4.78 is 2.01. The summed E-state index contributed by atoms with van der Waals surface area (Å²) in [5.41, 5.74) is 7.93. The maximum atomic E-state index is 11.2. The second-order valence-electron chi connectivity index (χ2n) is 4.82. The van der Waals surface area contributed by atoms with Gasteiger partial charge in [-0.15, -0.1) is 0 Å². The smallest absolute Gasteiger partial charge is 0.267 e. The molecule has 1 aromatic carbocycles. The molecule has 0 saturated carbocycles. The Labute approximate surface area is 131 Å². The van der Waals surface area contributed by atoms with Gasteiger partial charge in [0.2, 0.25) is 5.28 Å². The summed E-state index contributed by atoms with van der Waals surface area (Å²) in [5, 5.41) is 3.02. The molecule has 3 N–H and O–H groups in total. The van der Waals surface area contributed by atoms with Gasteiger partial charge in [0.25, 0.3) is 5.91 Å². The molecule has 3 rings (SSSR count). The van der Waals surface area contributed by atoms with Gasteiger partial charge in [0.05, 0.1) is 11.0 Å². The summed E-state index contributed by atoms with van der Waals surface area (Å²) in [5.74, 6) is 0.650. The molecule has 0 atom stereocenters. The van der Waals surface area contributed by atoms with Gasteiger partial charge in [0, 0.05) is 18.8 Å². The zero-order valence-electron chi connectivity index (χ0n) is 12.0. The van der Waals surface area contributed by atoms with Crippen LogP contribution >= 0.6 is 11.6 Å². The predicted molar refractivity (Wildman–Crippen MR) is 84.3 cm³/mol. The van der Waals surface area contributed by atoms with Crippen LogP contribution in [0.2, 0.25) is 5.28 Å². The number of carbonyl (C=O) groups excluding carboxylic acids is 1. The molecule has 112 valence electrons. The Kier molecular flexibility index (Phi) is 3.42. The monoisotopic (exact) mass is 316 g/mol. The van der Waals surface area contributed by atoms with Crippen molar-refractivity contribution < 1.29 is 4.79 Å². The lowest BCUT2D eigenvalue weighted by molar-refractivity contribution is 0.0995. The lowest BCUT2D eigenvalue weighted by Gasteiger charge is -2.07. The van der Waals surface area contributed by atoms with Crippen molar-refractivity contribution in [2.45, 2.75) is 6.92 Å². The van der Waals surface area contributed by atoms with Crippen molar-refractivity contribution in [2.24, 2.45) is 12.8 Å². The van der Waals surface area contributed by atoms with Crippen molar-refractivity contribution in [1.82, 2.24) is 19.5 Å². The molecule has 0 aliphatic carbocycles. The Morgan fingerprint density at radius 2 is 2.05 bits per heavy atom. The molecule has 0 unspecified atom stereocenters. The maximum absolute atomic E-state index is 11.2. The third-order valence-electron chi connectivity index (χ3n) is 3.33. The van der Waals surface area contributed by atoms with E-state index in [1.165, 1.54) is 6.07 Å². The molecule has 0 fully saturated rings. The number of rotatable bonds is 3. The third-order valence-corrected chi connectivity index (χ3v) is 3.50. The molecule has 1 amide bonds. The summed E-state index contributed by atoms with van der Waals surface area (Å²) in [6, 6.07) is 7.18. The van der Waals surface area contributed by atoms with E-state index >= 15 is 0 Å². The Morgan fingerprint density at radius 3 is 2.77 bits per heavy atom. The van der Waals surface area contributed by atoms with Crippen LogP contribution in [-0.2, 0) is 7.05 Å². The largest absolute Gasteiger partial charge is 0.364 e. The average Bonchev–Trinajstić information content (AvgIpc) is 2.73. The highest BCUT2D eigenvalue weighted by Crippen LogP contribution is 2.22. The summed E-state index contributed by atoms with van der Waals surface area (Å²) in [7, 11) is 1.96. The topological polar surface area (TPSA) is 98.7 Å². The van der Waals surface area contributed by atoms with Gasteiger partial charge < -0.3 is 15.6 Å². The van der Waals surface area contributed by atoms with Crippen molar-refractivity contribution >= 4 is 40.0 Å². The van der Waals surface area contributed by atoms with Crippen molar-refractivity contribution in [3.63, 3.8) is 0 Å². The van der Waals surface area contributed by atoms with Gasteiger partial charge in [0.1, 0.15) is 17.3 Å². The van der Waals surface area contributed by atoms with Crippen molar-refractivity contribution in [3.05, 3.63) is 41.1 Å². The van der Waals surface area contributed by atoms with Crippen molar-refractivity contribution in [2.75, 3.05) is 5.32 Å². The standard InChI is InChI=1S/C14H13ClN6O/c1-7-17-9-5-8(3-4-11(9)21(7)2)18-12-6-10(13(16)22)19-14(15)20-12/h3-6H,1-2H3,(H2,16,22)(H,18,19,20). The highest BCUT2D eigenvalue weighted by molar-refractivity contribution is 6.28. The number of imidazole rings is 1. The number of aromatic nitrogens is 4. The van der Waals surface area contributed by atoms with E-state index in [2.05, 4.69) is 20.3 Å². The van der Waals surface area contributed by atoms with E-state index < -0.39 is 5.91 Å². The van der Waals surface area contributed by atoms with Gasteiger partial charge in [-0.1, -0.05) is 0 Å². The zero-order valence-corrected chi connectivity index (χ0v) is 12.7. The fourth-order valence-electron chi connectivity index (χ4n) is 2.15. The van der Waals surface area contributed by atoms with Crippen LogP contribution in [0.4, 0.5) is 11.5 Å². The third kappa shape index (κ3) is 2.58.